The standard InChI is InChI=1S/C48H96NO13P/c1-3-5-7-9-11-13-15-17-18-19-20-21-22-23-24-26-28-30-32-34-36-40(51)48(58)49-38(37-61-63(59,60)62-47-45(56)43(54)42(53)44(55)46(47)57)41(52)39(50)35-33-31-29-27-25-16-14-12-10-8-6-4-2/h38-47,50-57H,3-37H2,1-2H3,(H,49,58)(H,59,60)/t38-,39+,40-,41-,42?,43+,44?,45?,46?,47?/m0/s1. The van der Waals surface area contributed by atoms with Crippen molar-refractivity contribution in [2.75, 3.05) is 6.61 Å². The molecule has 0 aromatic carbocycles. The lowest BCUT2D eigenvalue weighted by Crippen LogP contribution is -2.64. The van der Waals surface area contributed by atoms with E-state index in [1.807, 2.05) is 0 Å². The Balaban J connectivity index is 2.49. The Kier molecular flexibility index (Phi) is 36.6. The van der Waals surface area contributed by atoms with Gasteiger partial charge < -0.3 is 51.1 Å². The second-order valence-corrected chi connectivity index (χ2v) is 20.1. The maximum Gasteiger partial charge on any atom is 0.472 e. The first-order chi connectivity index (χ1) is 30.3. The van der Waals surface area contributed by atoms with E-state index >= 15 is 0 Å². The second kappa shape index (κ2) is 38.3. The van der Waals surface area contributed by atoms with E-state index < -0.39 is 81.3 Å². The quantitative estimate of drug-likeness (QED) is 0.0205. The molecule has 1 saturated carbocycles. The lowest BCUT2D eigenvalue weighted by molar-refractivity contribution is -0.220. The monoisotopic (exact) mass is 926 g/mol. The Morgan fingerprint density at radius 2 is 0.794 bits per heavy atom. The molecule has 0 aliphatic heterocycles. The maximum absolute atomic E-state index is 13.1. The van der Waals surface area contributed by atoms with E-state index in [-0.39, 0.29) is 12.8 Å². The molecule has 15 heteroatoms. The first kappa shape index (κ1) is 60.3. The van der Waals surface area contributed by atoms with E-state index in [4.69, 9.17) is 9.05 Å². The largest absolute Gasteiger partial charge is 0.472 e. The Morgan fingerprint density at radius 3 is 1.14 bits per heavy atom. The molecule has 10 N–H and O–H groups in total. The number of unbranched alkanes of at least 4 members (excludes halogenated alkanes) is 30. The van der Waals surface area contributed by atoms with Crippen LogP contribution in [0, 0.1) is 0 Å². The van der Waals surface area contributed by atoms with Gasteiger partial charge in [0, 0.05) is 0 Å². The van der Waals surface area contributed by atoms with Gasteiger partial charge in [-0.15, -0.1) is 0 Å². The third kappa shape index (κ3) is 28.9. The molecular weight excluding hydrogens is 829 g/mol. The molecule has 1 aliphatic rings. The zero-order valence-corrected chi connectivity index (χ0v) is 40.5. The molecule has 376 valence electrons. The second-order valence-electron chi connectivity index (χ2n) is 18.7. The minimum atomic E-state index is -5.23. The van der Waals surface area contributed by atoms with Crippen molar-refractivity contribution >= 4 is 13.7 Å². The Labute approximate surface area is 382 Å². The van der Waals surface area contributed by atoms with Crippen molar-refractivity contribution in [3.05, 3.63) is 0 Å². The SMILES string of the molecule is CCCCCCCCCCCCCCCCCCCCCC[C@H](O)C(=O)N[C@@H](COP(=O)(O)OC1C(O)C(O)C(O)[C@@H](O)C1O)[C@H](O)[C@H](O)CCCCCCCCCCCCCC. The molecule has 6 unspecified atom stereocenters. The minimum absolute atomic E-state index is 0.158. The van der Waals surface area contributed by atoms with E-state index in [0.29, 0.717) is 12.8 Å². The number of aliphatic hydroxyl groups excluding tert-OH is 8. The fourth-order valence-corrected chi connectivity index (χ4v) is 9.51. The van der Waals surface area contributed by atoms with Gasteiger partial charge in [0.1, 0.15) is 48.8 Å². The van der Waals surface area contributed by atoms with Gasteiger partial charge in [0.25, 0.3) is 0 Å². The summed E-state index contributed by atoms with van der Waals surface area (Å²) in [5.41, 5.74) is 0. The highest BCUT2D eigenvalue weighted by molar-refractivity contribution is 7.47. The molecule has 1 rings (SSSR count). The summed E-state index contributed by atoms with van der Waals surface area (Å²) in [6.07, 6.45) is 21.8. The summed E-state index contributed by atoms with van der Waals surface area (Å²) < 4.78 is 22.9. The van der Waals surface area contributed by atoms with Gasteiger partial charge in [0.2, 0.25) is 5.91 Å². The van der Waals surface area contributed by atoms with Crippen LogP contribution in [0.4, 0.5) is 0 Å². The van der Waals surface area contributed by atoms with E-state index in [1.54, 1.807) is 0 Å². The molecule has 0 radical (unpaired) electrons. The van der Waals surface area contributed by atoms with Gasteiger partial charge in [-0.3, -0.25) is 13.8 Å². The molecular formula is C48H96NO13P. The number of amides is 1. The molecule has 63 heavy (non-hydrogen) atoms. The molecule has 0 spiro atoms. The lowest BCUT2D eigenvalue weighted by Gasteiger charge is -2.41. The van der Waals surface area contributed by atoms with Crippen molar-refractivity contribution in [3.63, 3.8) is 0 Å². The topological polar surface area (TPSA) is 247 Å². The van der Waals surface area contributed by atoms with Crippen LogP contribution in [-0.4, -0.2) is 119 Å². The van der Waals surface area contributed by atoms with Gasteiger partial charge in [0.15, 0.2) is 0 Å². The van der Waals surface area contributed by atoms with Crippen LogP contribution in [0.1, 0.15) is 232 Å². The van der Waals surface area contributed by atoms with Crippen molar-refractivity contribution < 1.29 is 64.2 Å². The molecule has 0 bridgehead atoms. The molecule has 0 aromatic heterocycles. The van der Waals surface area contributed by atoms with Gasteiger partial charge in [-0.1, -0.05) is 219 Å². The van der Waals surface area contributed by atoms with Gasteiger partial charge in [0.05, 0.1) is 18.8 Å². The number of carbonyl (C=O) groups is 1. The predicted molar refractivity (Wildman–Crippen MR) is 249 cm³/mol. The maximum atomic E-state index is 13.1. The average Bonchev–Trinajstić information content (AvgIpc) is 3.27. The normalized spacial score (nSPS) is 23.3. The van der Waals surface area contributed by atoms with Crippen LogP contribution < -0.4 is 5.32 Å². The van der Waals surface area contributed by atoms with Crippen LogP contribution >= 0.6 is 7.82 Å². The summed E-state index contributed by atoms with van der Waals surface area (Å²) in [5.74, 6) is -0.856. The van der Waals surface area contributed by atoms with Gasteiger partial charge in [-0.25, -0.2) is 4.57 Å². The van der Waals surface area contributed by atoms with E-state index in [1.165, 1.54) is 141 Å². The number of nitrogens with one attached hydrogen (secondary N) is 1. The Morgan fingerprint density at radius 1 is 0.492 bits per heavy atom. The summed E-state index contributed by atoms with van der Waals surface area (Å²) in [4.78, 5) is 23.6. The van der Waals surface area contributed by atoms with E-state index in [0.717, 1.165) is 51.4 Å². The number of phosphoric acid groups is 1. The molecule has 14 nitrogen and oxygen atoms in total. The first-order valence-electron chi connectivity index (χ1n) is 25.7. The summed E-state index contributed by atoms with van der Waals surface area (Å²) in [6, 6.07) is -1.47. The van der Waals surface area contributed by atoms with Crippen LogP contribution in [0.15, 0.2) is 0 Å². The lowest BCUT2D eigenvalue weighted by atomic mass is 9.85. The van der Waals surface area contributed by atoms with Crippen molar-refractivity contribution in [3.8, 4) is 0 Å². The molecule has 0 saturated heterocycles. The third-order valence-electron chi connectivity index (χ3n) is 12.9. The molecule has 11 atom stereocenters. The van der Waals surface area contributed by atoms with Crippen molar-refractivity contribution in [2.45, 2.75) is 293 Å². The van der Waals surface area contributed by atoms with E-state index in [9.17, 15) is 55.1 Å². The first-order valence-corrected chi connectivity index (χ1v) is 27.2. The summed E-state index contributed by atoms with van der Waals surface area (Å²) in [6.45, 7) is 3.59. The molecule has 1 fully saturated rings. The van der Waals surface area contributed by atoms with E-state index in [2.05, 4.69) is 19.2 Å². The highest BCUT2D eigenvalue weighted by Crippen LogP contribution is 2.47. The number of hydrogen-bond donors (Lipinski definition) is 10. The Bertz CT molecular complexity index is 1110. The van der Waals surface area contributed by atoms with Crippen molar-refractivity contribution in [2.24, 2.45) is 0 Å². The van der Waals surface area contributed by atoms with Crippen LogP contribution in [0.3, 0.4) is 0 Å². The number of rotatable bonds is 43. The summed E-state index contributed by atoms with van der Waals surface area (Å²) in [7, 11) is -5.23. The van der Waals surface area contributed by atoms with Crippen molar-refractivity contribution in [1.29, 1.82) is 0 Å². The fraction of sp³-hybridized carbons (Fsp3) is 0.979. The number of carbonyl (C=O) groups excluding carboxylic acids is 1. The van der Waals surface area contributed by atoms with Crippen molar-refractivity contribution in [1.82, 2.24) is 5.32 Å². The van der Waals surface area contributed by atoms with Crippen LogP contribution in [0.2, 0.25) is 0 Å². The number of aliphatic hydroxyl groups is 8. The molecule has 0 aromatic rings. The minimum Gasteiger partial charge on any atom is -0.390 e. The smallest absolute Gasteiger partial charge is 0.390 e. The predicted octanol–water partition coefficient (Wildman–Crippen LogP) is 8.18. The number of hydrogen-bond acceptors (Lipinski definition) is 12. The average molecular weight is 926 g/mol. The summed E-state index contributed by atoms with van der Waals surface area (Å²) >= 11 is 0. The van der Waals surface area contributed by atoms with Crippen LogP contribution in [0.25, 0.3) is 0 Å². The zero-order valence-electron chi connectivity index (χ0n) is 39.6. The third-order valence-corrected chi connectivity index (χ3v) is 13.9. The fourth-order valence-electron chi connectivity index (χ4n) is 8.54. The molecule has 1 aliphatic carbocycles. The van der Waals surface area contributed by atoms with Crippen LogP contribution in [-0.2, 0) is 18.4 Å². The molecule has 1 amide bonds. The van der Waals surface area contributed by atoms with Gasteiger partial charge >= 0.3 is 7.82 Å². The van der Waals surface area contributed by atoms with Crippen LogP contribution in [0.5, 0.6) is 0 Å². The number of phosphoric ester groups is 1. The molecule has 0 heterocycles. The van der Waals surface area contributed by atoms with Gasteiger partial charge in [-0.2, -0.15) is 0 Å². The Hall–Kier alpha value is -0.740. The zero-order chi connectivity index (χ0) is 46.7. The highest BCUT2D eigenvalue weighted by Gasteiger charge is 2.51. The summed E-state index contributed by atoms with van der Waals surface area (Å²) in [5, 5.41) is 85.5. The van der Waals surface area contributed by atoms with Gasteiger partial charge in [-0.05, 0) is 12.8 Å². The highest BCUT2D eigenvalue weighted by atomic mass is 31.2.